The van der Waals surface area contributed by atoms with Crippen LogP contribution < -0.4 is 5.32 Å². The summed E-state index contributed by atoms with van der Waals surface area (Å²) >= 11 is 0. The van der Waals surface area contributed by atoms with Crippen molar-refractivity contribution in [2.75, 3.05) is 6.54 Å². The molecule has 0 saturated heterocycles. The molecule has 1 N–H and O–H groups in total. The Balaban J connectivity index is 2.42. The molecule has 1 heterocycles. The molecule has 1 aromatic carbocycles. The number of hydrogen-bond donors (Lipinski definition) is 1. The zero-order valence-corrected chi connectivity index (χ0v) is 11.5. The van der Waals surface area contributed by atoms with Gasteiger partial charge in [-0.1, -0.05) is 18.2 Å². The normalized spacial score (nSPS) is 12.6. The Morgan fingerprint density at radius 3 is 2.84 bits per heavy atom. The van der Waals surface area contributed by atoms with Gasteiger partial charge in [0.1, 0.15) is 5.82 Å². The Kier molecular flexibility index (Phi) is 4.27. The molecule has 2 aromatic rings. The van der Waals surface area contributed by atoms with Crippen LogP contribution >= 0.6 is 0 Å². The van der Waals surface area contributed by atoms with E-state index in [9.17, 15) is 4.39 Å². The summed E-state index contributed by atoms with van der Waals surface area (Å²) in [6.45, 7) is 4.94. The molecule has 0 aliphatic carbocycles. The molecule has 0 amide bonds. The maximum atomic E-state index is 13.5. The van der Waals surface area contributed by atoms with E-state index in [0.717, 1.165) is 29.8 Å². The summed E-state index contributed by atoms with van der Waals surface area (Å²) in [4.78, 5) is 0. The molecule has 0 spiro atoms. The summed E-state index contributed by atoms with van der Waals surface area (Å²) < 4.78 is 15.2. The van der Waals surface area contributed by atoms with Crippen LogP contribution in [0, 0.1) is 12.7 Å². The second kappa shape index (κ2) is 5.93. The quantitative estimate of drug-likeness (QED) is 0.899. The standard InChI is InChI=1S/C14H19FN4/c1-4-7-16-14(13-9-17-18-19(13)3)12-8-11(15)6-5-10(12)2/h5-6,8-9,14,16H,4,7H2,1-3H3. The molecule has 0 bridgehead atoms. The molecule has 19 heavy (non-hydrogen) atoms. The van der Waals surface area contributed by atoms with Crippen molar-refractivity contribution in [2.24, 2.45) is 7.05 Å². The van der Waals surface area contributed by atoms with Crippen LogP contribution in [0.1, 0.15) is 36.2 Å². The number of aryl methyl sites for hydroxylation is 2. The molecule has 2 rings (SSSR count). The molecule has 1 unspecified atom stereocenters. The minimum absolute atomic E-state index is 0.0874. The Morgan fingerprint density at radius 1 is 1.42 bits per heavy atom. The van der Waals surface area contributed by atoms with Gasteiger partial charge < -0.3 is 5.32 Å². The van der Waals surface area contributed by atoms with Gasteiger partial charge in [-0.05, 0) is 43.1 Å². The van der Waals surface area contributed by atoms with E-state index >= 15 is 0 Å². The third-order valence-electron chi connectivity index (χ3n) is 3.20. The molecule has 5 heteroatoms. The van der Waals surface area contributed by atoms with Crippen molar-refractivity contribution in [3.63, 3.8) is 0 Å². The first kappa shape index (κ1) is 13.7. The monoisotopic (exact) mass is 262 g/mol. The van der Waals surface area contributed by atoms with Gasteiger partial charge in [0, 0.05) is 7.05 Å². The molecular formula is C14H19FN4. The van der Waals surface area contributed by atoms with Gasteiger partial charge in [0.25, 0.3) is 0 Å². The minimum Gasteiger partial charge on any atom is -0.305 e. The Labute approximate surface area is 112 Å². The van der Waals surface area contributed by atoms with Crippen LogP contribution in [0.15, 0.2) is 24.4 Å². The van der Waals surface area contributed by atoms with Crippen LogP contribution in [-0.4, -0.2) is 21.5 Å². The highest BCUT2D eigenvalue weighted by molar-refractivity contribution is 5.34. The number of benzene rings is 1. The predicted octanol–water partition coefficient (Wildman–Crippen LogP) is 2.35. The van der Waals surface area contributed by atoms with Crippen molar-refractivity contribution in [3.05, 3.63) is 47.0 Å². The van der Waals surface area contributed by atoms with Crippen molar-refractivity contribution in [3.8, 4) is 0 Å². The first-order valence-electron chi connectivity index (χ1n) is 6.47. The summed E-state index contributed by atoms with van der Waals surface area (Å²) in [6.07, 6.45) is 2.73. The van der Waals surface area contributed by atoms with Gasteiger partial charge >= 0.3 is 0 Å². The number of aromatic nitrogens is 3. The molecule has 0 aliphatic rings. The lowest BCUT2D eigenvalue weighted by Crippen LogP contribution is -2.26. The number of nitrogens with zero attached hydrogens (tertiary/aromatic N) is 3. The zero-order chi connectivity index (χ0) is 13.8. The smallest absolute Gasteiger partial charge is 0.123 e. The maximum absolute atomic E-state index is 13.5. The molecular weight excluding hydrogens is 243 g/mol. The van der Waals surface area contributed by atoms with Gasteiger partial charge in [-0.25, -0.2) is 4.39 Å². The fraction of sp³-hybridized carbons (Fsp3) is 0.429. The maximum Gasteiger partial charge on any atom is 0.123 e. The van der Waals surface area contributed by atoms with Crippen molar-refractivity contribution < 1.29 is 4.39 Å². The fourth-order valence-corrected chi connectivity index (χ4v) is 2.14. The third-order valence-corrected chi connectivity index (χ3v) is 3.20. The van der Waals surface area contributed by atoms with Crippen LogP contribution in [0.4, 0.5) is 4.39 Å². The van der Waals surface area contributed by atoms with E-state index in [0.29, 0.717) is 0 Å². The largest absolute Gasteiger partial charge is 0.305 e. The van der Waals surface area contributed by atoms with E-state index in [1.54, 1.807) is 23.0 Å². The summed E-state index contributed by atoms with van der Waals surface area (Å²) in [7, 11) is 1.84. The Bertz CT molecular complexity index is 550. The molecule has 1 atom stereocenters. The zero-order valence-electron chi connectivity index (χ0n) is 11.5. The topological polar surface area (TPSA) is 42.7 Å². The summed E-state index contributed by atoms with van der Waals surface area (Å²) in [5.74, 6) is -0.223. The summed E-state index contributed by atoms with van der Waals surface area (Å²) in [6, 6.07) is 4.78. The lowest BCUT2D eigenvalue weighted by atomic mass is 9.98. The number of halogens is 1. The highest BCUT2D eigenvalue weighted by atomic mass is 19.1. The molecule has 0 radical (unpaired) electrons. The van der Waals surface area contributed by atoms with E-state index < -0.39 is 0 Å². The molecule has 0 aliphatic heterocycles. The van der Waals surface area contributed by atoms with Crippen molar-refractivity contribution in [2.45, 2.75) is 26.3 Å². The number of hydrogen-bond acceptors (Lipinski definition) is 3. The van der Waals surface area contributed by atoms with Crippen LogP contribution in [0.2, 0.25) is 0 Å². The first-order chi connectivity index (χ1) is 9.13. The minimum atomic E-state index is -0.223. The predicted molar refractivity (Wildman–Crippen MR) is 72.3 cm³/mol. The Hall–Kier alpha value is -1.75. The second-order valence-corrected chi connectivity index (χ2v) is 4.67. The van der Waals surface area contributed by atoms with E-state index in [2.05, 4.69) is 22.6 Å². The van der Waals surface area contributed by atoms with Gasteiger partial charge in [-0.15, -0.1) is 5.10 Å². The van der Waals surface area contributed by atoms with Crippen LogP contribution in [0.25, 0.3) is 0 Å². The fourth-order valence-electron chi connectivity index (χ4n) is 2.14. The van der Waals surface area contributed by atoms with Gasteiger partial charge in [-0.3, -0.25) is 4.68 Å². The SMILES string of the molecule is CCCNC(c1cc(F)ccc1C)c1cnnn1C. The lowest BCUT2D eigenvalue weighted by Gasteiger charge is -2.20. The highest BCUT2D eigenvalue weighted by Crippen LogP contribution is 2.24. The van der Waals surface area contributed by atoms with E-state index in [1.807, 2.05) is 14.0 Å². The van der Waals surface area contributed by atoms with Gasteiger partial charge in [-0.2, -0.15) is 0 Å². The second-order valence-electron chi connectivity index (χ2n) is 4.67. The molecule has 0 saturated carbocycles. The molecule has 102 valence electrons. The number of nitrogens with one attached hydrogen (secondary N) is 1. The Morgan fingerprint density at radius 2 is 2.21 bits per heavy atom. The van der Waals surface area contributed by atoms with E-state index in [4.69, 9.17) is 0 Å². The van der Waals surface area contributed by atoms with Gasteiger partial charge in [0.05, 0.1) is 17.9 Å². The molecule has 0 fully saturated rings. The van der Waals surface area contributed by atoms with Crippen LogP contribution in [0.3, 0.4) is 0 Å². The van der Waals surface area contributed by atoms with Crippen molar-refractivity contribution in [1.29, 1.82) is 0 Å². The van der Waals surface area contributed by atoms with Crippen molar-refractivity contribution in [1.82, 2.24) is 20.3 Å². The van der Waals surface area contributed by atoms with Gasteiger partial charge in [0.2, 0.25) is 0 Å². The highest BCUT2D eigenvalue weighted by Gasteiger charge is 2.19. The molecule has 4 nitrogen and oxygen atoms in total. The van der Waals surface area contributed by atoms with E-state index in [-0.39, 0.29) is 11.9 Å². The average Bonchev–Trinajstić information content (AvgIpc) is 2.80. The third kappa shape index (κ3) is 2.98. The first-order valence-corrected chi connectivity index (χ1v) is 6.47. The van der Waals surface area contributed by atoms with E-state index in [1.165, 1.54) is 6.07 Å². The summed E-state index contributed by atoms with van der Waals surface area (Å²) in [5.41, 5.74) is 2.91. The van der Waals surface area contributed by atoms with Crippen LogP contribution in [-0.2, 0) is 7.05 Å². The molecule has 1 aromatic heterocycles. The average molecular weight is 262 g/mol. The summed E-state index contributed by atoms with van der Waals surface area (Å²) in [5, 5.41) is 11.3. The number of rotatable bonds is 5. The van der Waals surface area contributed by atoms with Crippen molar-refractivity contribution >= 4 is 0 Å². The van der Waals surface area contributed by atoms with Crippen LogP contribution in [0.5, 0.6) is 0 Å². The lowest BCUT2D eigenvalue weighted by molar-refractivity contribution is 0.543. The van der Waals surface area contributed by atoms with Gasteiger partial charge in [0.15, 0.2) is 0 Å².